The van der Waals surface area contributed by atoms with Crippen molar-refractivity contribution in [1.29, 1.82) is 0 Å². The van der Waals surface area contributed by atoms with Gasteiger partial charge in [-0.2, -0.15) is 4.98 Å². The molecule has 0 radical (unpaired) electrons. The van der Waals surface area contributed by atoms with Crippen LogP contribution in [0.5, 0.6) is 17.6 Å². The third-order valence-electron chi connectivity index (χ3n) is 2.16. The van der Waals surface area contributed by atoms with Gasteiger partial charge in [0.15, 0.2) is 0 Å². The molecule has 0 atom stereocenters. The fourth-order valence-electron chi connectivity index (χ4n) is 1.33. The number of ether oxygens (including phenoxy) is 2. The summed E-state index contributed by atoms with van der Waals surface area (Å²) in [6.45, 7) is 0.468. The van der Waals surface area contributed by atoms with Gasteiger partial charge in [-0.25, -0.2) is 4.98 Å². The normalized spacial score (nSPS) is 10.0. The second-order valence-corrected chi connectivity index (χ2v) is 3.34. The van der Waals surface area contributed by atoms with Gasteiger partial charge in [-0.15, -0.1) is 0 Å². The standard InChI is InChI=1S/C12H13N3O2/c1-16-11-5-6-14-12(15-11)17-10-4-2-3-9(7-10)8-13/h2-7H,8,13H2,1H3. The Morgan fingerprint density at radius 1 is 1.29 bits per heavy atom. The Bertz CT molecular complexity index is 457. The molecule has 0 saturated carbocycles. The molecule has 0 bridgehead atoms. The van der Waals surface area contributed by atoms with E-state index in [4.69, 9.17) is 15.2 Å². The van der Waals surface area contributed by atoms with Crippen molar-refractivity contribution in [2.24, 2.45) is 5.73 Å². The number of rotatable bonds is 4. The molecule has 0 aliphatic carbocycles. The highest BCUT2D eigenvalue weighted by Gasteiger charge is 2.02. The predicted octanol–water partition coefficient (Wildman–Crippen LogP) is 1.74. The van der Waals surface area contributed by atoms with Crippen molar-refractivity contribution >= 4 is 0 Å². The average Bonchev–Trinajstić information content (AvgIpc) is 2.39. The quantitative estimate of drug-likeness (QED) is 0.867. The van der Waals surface area contributed by atoms with E-state index in [0.717, 1.165) is 5.56 Å². The lowest BCUT2D eigenvalue weighted by molar-refractivity contribution is 0.376. The maximum absolute atomic E-state index is 5.55. The molecule has 5 heteroatoms. The SMILES string of the molecule is COc1ccnc(Oc2cccc(CN)c2)n1. The first-order chi connectivity index (χ1) is 8.31. The minimum Gasteiger partial charge on any atom is -0.481 e. The summed E-state index contributed by atoms with van der Waals surface area (Å²) in [5, 5.41) is 0. The van der Waals surface area contributed by atoms with Crippen LogP contribution in [-0.2, 0) is 6.54 Å². The molecular formula is C12H13N3O2. The van der Waals surface area contributed by atoms with Crippen molar-refractivity contribution in [3.8, 4) is 17.6 Å². The summed E-state index contributed by atoms with van der Waals surface area (Å²) in [7, 11) is 1.54. The second-order valence-electron chi connectivity index (χ2n) is 3.34. The van der Waals surface area contributed by atoms with E-state index in [9.17, 15) is 0 Å². The lowest BCUT2D eigenvalue weighted by atomic mass is 10.2. The van der Waals surface area contributed by atoms with Crippen LogP contribution < -0.4 is 15.2 Å². The van der Waals surface area contributed by atoms with E-state index in [1.165, 1.54) is 0 Å². The Morgan fingerprint density at radius 3 is 2.94 bits per heavy atom. The highest BCUT2D eigenvalue weighted by atomic mass is 16.5. The van der Waals surface area contributed by atoms with Gasteiger partial charge >= 0.3 is 6.01 Å². The van der Waals surface area contributed by atoms with E-state index in [1.807, 2.05) is 24.3 Å². The fraction of sp³-hybridized carbons (Fsp3) is 0.167. The number of methoxy groups -OCH3 is 1. The van der Waals surface area contributed by atoms with Gasteiger partial charge < -0.3 is 15.2 Å². The minimum absolute atomic E-state index is 0.249. The molecule has 0 amide bonds. The molecule has 17 heavy (non-hydrogen) atoms. The van der Waals surface area contributed by atoms with Gasteiger partial charge in [0, 0.05) is 18.8 Å². The number of nitrogens with two attached hydrogens (primary N) is 1. The molecule has 1 aromatic heterocycles. The highest BCUT2D eigenvalue weighted by Crippen LogP contribution is 2.20. The number of aromatic nitrogens is 2. The van der Waals surface area contributed by atoms with Crippen LogP contribution in [0.1, 0.15) is 5.56 Å². The van der Waals surface area contributed by atoms with Crippen molar-refractivity contribution in [3.05, 3.63) is 42.1 Å². The molecule has 5 nitrogen and oxygen atoms in total. The summed E-state index contributed by atoms with van der Waals surface area (Å²) in [6, 6.07) is 9.38. The maximum Gasteiger partial charge on any atom is 0.325 e. The predicted molar refractivity (Wildman–Crippen MR) is 63.0 cm³/mol. The summed E-state index contributed by atoms with van der Waals surface area (Å²) < 4.78 is 10.5. The van der Waals surface area contributed by atoms with Crippen LogP contribution in [-0.4, -0.2) is 17.1 Å². The van der Waals surface area contributed by atoms with Gasteiger partial charge in [-0.1, -0.05) is 12.1 Å². The smallest absolute Gasteiger partial charge is 0.325 e. The molecule has 0 spiro atoms. The van der Waals surface area contributed by atoms with Crippen LogP contribution in [0.4, 0.5) is 0 Å². The zero-order valence-electron chi connectivity index (χ0n) is 9.46. The van der Waals surface area contributed by atoms with Crippen LogP contribution in [0.2, 0.25) is 0 Å². The Hall–Kier alpha value is -2.14. The Balaban J connectivity index is 2.18. The molecule has 0 aliphatic rings. The summed E-state index contributed by atoms with van der Waals surface area (Å²) >= 11 is 0. The first-order valence-electron chi connectivity index (χ1n) is 5.15. The van der Waals surface area contributed by atoms with Crippen LogP contribution in [0, 0.1) is 0 Å². The first kappa shape index (κ1) is 11.3. The zero-order chi connectivity index (χ0) is 12.1. The summed E-state index contributed by atoms with van der Waals surface area (Å²) in [4.78, 5) is 8.05. The topological polar surface area (TPSA) is 70.3 Å². The van der Waals surface area contributed by atoms with Gasteiger partial charge in [0.05, 0.1) is 7.11 Å². The van der Waals surface area contributed by atoms with Crippen molar-refractivity contribution in [1.82, 2.24) is 9.97 Å². The monoisotopic (exact) mass is 231 g/mol. The first-order valence-corrected chi connectivity index (χ1v) is 5.15. The van der Waals surface area contributed by atoms with Crippen molar-refractivity contribution < 1.29 is 9.47 Å². The van der Waals surface area contributed by atoms with Crippen LogP contribution >= 0.6 is 0 Å². The molecule has 2 aromatic rings. The van der Waals surface area contributed by atoms with E-state index in [0.29, 0.717) is 18.2 Å². The summed E-state index contributed by atoms with van der Waals surface area (Å²) in [6.07, 6.45) is 1.58. The minimum atomic E-state index is 0.249. The molecule has 88 valence electrons. The third-order valence-corrected chi connectivity index (χ3v) is 2.16. The molecule has 1 heterocycles. The largest absolute Gasteiger partial charge is 0.481 e. The molecular weight excluding hydrogens is 218 g/mol. The summed E-state index contributed by atoms with van der Waals surface area (Å²) in [5.41, 5.74) is 6.54. The van der Waals surface area contributed by atoms with Gasteiger partial charge in [-0.3, -0.25) is 0 Å². The Labute approximate surface area is 99.2 Å². The lowest BCUT2D eigenvalue weighted by Gasteiger charge is -2.05. The van der Waals surface area contributed by atoms with E-state index < -0.39 is 0 Å². The fourth-order valence-corrected chi connectivity index (χ4v) is 1.33. The van der Waals surface area contributed by atoms with Gasteiger partial charge in [-0.05, 0) is 17.7 Å². The number of nitrogens with zero attached hydrogens (tertiary/aromatic N) is 2. The number of hydrogen-bond acceptors (Lipinski definition) is 5. The molecule has 2 rings (SSSR count). The van der Waals surface area contributed by atoms with Crippen molar-refractivity contribution in [2.45, 2.75) is 6.54 Å². The second kappa shape index (κ2) is 5.27. The van der Waals surface area contributed by atoms with E-state index in [1.54, 1.807) is 19.4 Å². The Morgan fingerprint density at radius 2 is 2.18 bits per heavy atom. The van der Waals surface area contributed by atoms with E-state index in [2.05, 4.69) is 9.97 Å². The molecule has 1 aromatic carbocycles. The van der Waals surface area contributed by atoms with Gasteiger partial charge in [0.2, 0.25) is 5.88 Å². The van der Waals surface area contributed by atoms with Crippen LogP contribution in [0.25, 0.3) is 0 Å². The molecule has 0 saturated heterocycles. The highest BCUT2D eigenvalue weighted by molar-refractivity contribution is 5.30. The molecule has 2 N–H and O–H groups in total. The summed E-state index contributed by atoms with van der Waals surface area (Å²) in [5.74, 6) is 1.12. The van der Waals surface area contributed by atoms with Crippen LogP contribution in [0.15, 0.2) is 36.5 Å². The van der Waals surface area contributed by atoms with Crippen molar-refractivity contribution in [2.75, 3.05) is 7.11 Å². The third kappa shape index (κ3) is 2.92. The van der Waals surface area contributed by atoms with Crippen molar-refractivity contribution in [3.63, 3.8) is 0 Å². The number of benzene rings is 1. The Kier molecular flexibility index (Phi) is 3.52. The molecule has 0 unspecified atom stereocenters. The maximum atomic E-state index is 5.55. The van der Waals surface area contributed by atoms with Gasteiger partial charge in [0.1, 0.15) is 5.75 Å². The van der Waals surface area contributed by atoms with Crippen LogP contribution in [0.3, 0.4) is 0 Å². The average molecular weight is 231 g/mol. The molecule has 0 aliphatic heterocycles. The zero-order valence-corrected chi connectivity index (χ0v) is 9.46. The lowest BCUT2D eigenvalue weighted by Crippen LogP contribution is -1.97. The van der Waals surface area contributed by atoms with E-state index >= 15 is 0 Å². The van der Waals surface area contributed by atoms with Gasteiger partial charge in [0.25, 0.3) is 0 Å². The molecule has 0 fully saturated rings. The van der Waals surface area contributed by atoms with E-state index in [-0.39, 0.29) is 6.01 Å². The number of hydrogen-bond donors (Lipinski definition) is 1.